The van der Waals surface area contributed by atoms with Crippen LogP contribution in [0, 0.1) is 0 Å². The Kier molecular flexibility index (Phi) is 3.53. The highest BCUT2D eigenvalue weighted by Crippen LogP contribution is 2.33. The van der Waals surface area contributed by atoms with E-state index < -0.39 is 5.97 Å². The van der Waals surface area contributed by atoms with Crippen LogP contribution >= 0.6 is 38.9 Å². The van der Waals surface area contributed by atoms with Gasteiger partial charge in [-0.1, -0.05) is 11.6 Å². The summed E-state index contributed by atoms with van der Waals surface area (Å²) in [5, 5.41) is 8.61. The van der Waals surface area contributed by atoms with E-state index in [4.69, 9.17) is 16.7 Å². The molecule has 0 amide bonds. The van der Waals surface area contributed by atoms with Gasteiger partial charge in [-0.05, 0) is 35.0 Å². The molecule has 0 bridgehead atoms. The molecule has 0 radical (unpaired) electrons. The van der Waals surface area contributed by atoms with Crippen LogP contribution < -0.4 is 0 Å². The lowest BCUT2D eigenvalue weighted by Crippen LogP contribution is -1.94. The Morgan fingerprint density at radius 3 is 2.77 bits per heavy atom. The smallest absolute Gasteiger partial charge is 0.331 e. The van der Waals surface area contributed by atoms with Gasteiger partial charge in [0.1, 0.15) is 4.34 Å². The summed E-state index contributed by atoms with van der Waals surface area (Å²) in [7, 11) is 0. The molecule has 1 aromatic rings. The first-order valence-corrected chi connectivity index (χ1v) is 5.36. The van der Waals surface area contributed by atoms with E-state index in [9.17, 15) is 4.79 Å². The average molecular weight is 282 g/mol. The fourth-order valence-corrected chi connectivity index (χ4v) is 2.45. The van der Waals surface area contributed by atoms with Gasteiger partial charge in [-0.15, -0.1) is 11.3 Å². The van der Waals surface area contributed by atoms with Crippen LogP contribution in [0.4, 0.5) is 0 Å². The number of aliphatic carboxylic acids is 1. The van der Waals surface area contributed by atoms with Gasteiger partial charge in [0.25, 0.3) is 0 Å². The average Bonchev–Trinajstić information content (AvgIpc) is 2.31. The van der Waals surface area contributed by atoms with Crippen molar-refractivity contribution in [1.82, 2.24) is 0 Å². The Hall–Kier alpha value is -0.320. The van der Waals surface area contributed by atoms with Gasteiger partial charge in [0.2, 0.25) is 0 Å². The summed E-state index contributed by atoms with van der Waals surface area (Å²) in [6, 6.07) is 1.79. The zero-order chi connectivity index (χ0) is 10.0. The van der Waals surface area contributed by atoms with Gasteiger partial charge in [0.05, 0.1) is 0 Å². The molecule has 13 heavy (non-hydrogen) atoms. The third-order valence-electron chi connectivity index (χ3n) is 1.36. The number of rotatable bonds is 2. The fourth-order valence-electron chi connectivity index (χ4n) is 0.710. The molecule has 0 atom stereocenters. The number of carboxylic acid groups (broad SMARTS) is 1. The molecule has 0 aliphatic rings. The van der Waals surface area contributed by atoms with Crippen LogP contribution in [0.15, 0.2) is 16.1 Å². The molecule has 0 aliphatic heterocycles. The van der Waals surface area contributed by atoms with Crippen molar-refractivity contribution in [2.45, 2.75) is 6.92 Å². The van der Waals surface area contributed by atoms with Crippen LogP contribution in [0.2, 0.25) is 4.34 Å². The summed E-state index contributed by atoms with van der Waals surface area (Å²) >= 11 is 10.4. The van der Waals surface area contributed by atoms with Gasteiger partial charge < -0.3 is 5.11 Å². The predicted octanol–water partition coefficient (Wildman–Crippen LogP) is 3.65. The number of halogens is 2. The second kappa shape index (κ2) is 4.26. The Morgan fingerprint density at radius 1 is 1.77 bits per heavy atom. The monoisotopic (exact) mass is 280 g/mol. The van der Waals surface area contributed by atoms with Gasteiger partial charge in [0, 0.05) is 14.9 Å². The molecule has 0 saturated heterocycles. The SMILES string of the molecule is CC(=Cc1cc(Br)c(Cl)s1)C(=O)O. The van der Waals surface area contributed by atoms with Crippen molar-refractivity contribution in [3.05, 3.63) is 25.3 Å². The third-order valence-corrected chi connectivity index (χ3v) is 3.78. The molecule has 1 aromatic heterocycles. The first-order valence-electron chi connectivity index (χ1n) is 3.37. The van der Waals surface area contributed by atoms with Crippen molar-refractivity contribution in [3.8, 4) is 0 Å². The lowest BCUT2D eigenvalue weighted by molar-refractivity contribution is -0.132. The minimum Gasteiger partial charge on any atom is -0.478 e. The van der Waals surface area contributed by atoms with E-state index in [0.717, 1.165) is 9.35 Å². The Balaban J connectivity index is 2.98. The predicted molar refractivity (Wildman–Crippen MR) is 58.3 cm³/mol. The number of hydrogen-bond acceptors (Lipinski definition) is 2. The van der Waals surface area contributed by atoms with Gasteiger partial charge in [-0.3, -0.25) is 0 Å². The molecule has 2 nitrogen and oxygen atoms in total. The highest BCUT2D eigenvalue weighted by atomic mass is 79.9. The number of hydrogen-bond donors (Lipinski definition) is 1. The number of thiophene rings is 1. The maximum atomic E-state index is 10.5. The van der Waals surface area contributed by atoms with Crippen LogP contribution in [0.3, 0.4) is 0 Å². The molecule has 0 aliphatic carbocycles. The molecule has 0 aromatic carbocycles. The minimum atomic E-state index is -0.916. The molecule has 70 valence electrons. The molecule has 0 saturated carbocycles. The lowest BCUT2D eigenvalue weighted by Gasteiger charge is -1.89. The van der Waals surface area contributed by atoms with Crippen molar-refractivity contribution >= 4 is 50.9 Å². The first-order chi connectivity index (χ1) is 6.00. The van der Waals surface area contributed by atoms with Crippen molar-refractivity contribution in [2.24, 2.45) is 0 Å². The highest BCUT2D eigenvalue weighted by Gasteiger charge is 2.05. The highest BCUT2D eigenvalue weighted by molar-refractivity contribution is 9.10. The van der Waals surface area contributed by atoms with Gasteiger partial charge in [-0.25, -0.2) is 4.79 Å². The number of carbonyl (C=O) groups is 1. The standard InChI is InChI=1S/C8H6BrClO2S/c1-4(8(11)12)2-5-3-6(9)7(10)13-5/h2-3H,1H3,(H,11,12). The van der Waals surface area contributed by atoms with E-state index in [1.54, 1.807) is 19.1 Å². The normalized spacial score (nSPS) is 11.8. The van der Waals surface area contributed by atoms with E-state index in [2.05, 4.69) is 15.9 Å². The van der Waals surface area contributed by atoms with E-state index >= 15 is 0 Å². The van der Waals surface area contributed by atoms with Crippen molar-refractivity contribution in [1.29, 1.82) is 0 Å². The van der Waals surface area contributed by atoms with Crippen LogP contribution in [0.25, 0.3) is 6.08 Å². The number of carboxylic acids is 1. The van der Waals surface area contributed by atoms with E-state index in [-0.39, 0.29) is 0 Å². The molecule has 1 N–H and O–H groups in total. The topological polar surface area (TPSA) is 37.3 Å². The Labute approximate surface area is 93.0 Å². The molecule has 1 heterocycles. The maximum Gasteiger partial charge on any atom is 0.331 e. The zero-order valence-electron chi connectivity index (χ0n) is 6.67. The zero-order valence-corrected chi connectivity index (χ0v) is 9.83. The second-order valence-corrected chi connectivity index (χ2v) is 4.94. The third kappa shape index (κ3) is 2.83. The molecular weight excluding hydrogens is 276 g/mol. The summed E-state index contributed by atoms with van der Waals surface area (Å²) in [4.78, 5) is 11.3. The molecule has 1 rings (SSSR count). The summed E-state index contributed by atoms with van der Waals surface area (Å²) in [5.41, 5.74) is 0.297. The van der Waals surface area contributed by atoms with Crippen LogP contribution in [-0.2, 0) is 4.79 Å². The quantitative estimate of drug-likeness (QED) is 0.840. The Morgan fingerprint density at radius 2 is 2.38 bits per heavy atom. The van der Waals surface area contributed by atoms with Gasteiger partial charge in [-0.2, -0.15) is 0 Å². The van der Waals surface area contributed by atoms with E-state index in [1.165, 1.54) is 11.3 Å². The summed E-state index contributed by atoms with van der Waals surface area (Å²) in [6.07, 6.45) is 1.59. The molecule has 0 unspecified atom stereocenters. The van der Waals surface area contributed by atoms with Gasteiger partial charge >= 0.3 is 5.97 Å². The molecule has 0 fully saturated rings. The van der Waals surface area contributed by atoms with E-state index in [0.29, 0.717) is 9.91 Å². The lowest BCUT2D eigenvalue weighted by atomic mass is 10.2. The van der Waals surface area contributed by atoms with E-state index in [1.807, 2.05) is 0 Å². The minimum absolute atomic E-state index is 0.297. The van der Waals surface area contributed by atoms with Crippen LogP contribution in [0.5, 0.6) is 0 Å². The summed E-state index contributed by atoms with van der Waals surface area (Å²) in [5.74, 6) is -0.916. The maximum absolute atomic E-state index is 10.5. The van der Waals surface area contributed by atoms with Crippen molar-refractivity contribution in [2.75, 3.05) is 0 Å². The Bertz CT molecular complexity index is 351. The fraction of sp³-hybridized carbons (Fsp3) is 0.125. The first kappa shape index (κ1) is 10.8. The molecule has 5 heteroatoms. The summed E-state index contributed by atoms with van der Waals surface area (Å²) in [6.45, 7) is 1.55. The van der Waals surface area contributed by atoms with Crippen molar-refractivity contribution < 1.29 is 9.90 Å². The van der Waals surface area contributed by atoms with Crippen LogP contribution in [-0.4, -0.2) is 11.1 Å². The van der Waals surface area contributed by atoms with Crippen LogP contribution in [0.1, 0.15) is 11.8 Å². The van der Waals surface area contributed by atoms with Crippen molar-refractivity contribution in [3.63, 3.8) is 0 Å². The summed E-state index contributed by atoms with van der Waals surface area (Å²) < 4.78 is 1.42. The molecular formula is C8H6BrClO2S. The van der Waals surface area contributed by atoms with Gasteiger partial charge in [0.15, 0.2) is 0 Å². The second-order valence-electron chi connectivity index (χ2n) is 2.40. The largest absolute Gasteiger partial charge is 0.478 e. The molecule has 0 spiro atoms.